The van der Waals surface area contributed by atoms with Crippen LogP contribution in [0.15, 0.2) is 18.2 Å². The Hall–Kier alpha value is -1.09. The number of thiocarbonyl (C=S) groups is 1. The average Bonchev–Trinajstić information content (AvgIpc) is 2.88. The van der Waals surface area contributed by atoms with Crippen molar-refractivity contribution in [3.8, 4) is 0 Å². The Balaban J connectivity index is 2.28. The van der Waals surface area contributed by atoms with Crippen LogP contribution in [0.2, 0.25) is 0 Å². The first kappa shape index (κ1) is 15.3. The molecule has 1 saturated carbocycles. The molecule has 0 heterocycles. The highest BCUT2D eigenvalue weighted by Gasteiger charge is 2.23. The van der Waals surface area contributed by atoms with E-state index >= 15 is 0 Å². The molecule has 0 atom stereocenters. The van der Waals surface area contributed by atoms with Crippen molar-refractivity contribution in [3.05, 3.63) is 29.3 Å². The first-order valence-electron chi connectivity index (χ1n) is 7.66. The van der Waals surface area contributed by atoms with Crippen molar-refractivity contribution in [1.82, 2.24) is 0 Å². The Labute approximate surface area is 128 Å². The number of hydrogen-bond acceptors (Lipinski definition) is 2. The Kier molecular flexibility index (Phi) is 5.03. The van der Waals surface area contributed by atoms with Crippen molar-refractivity contribution < 1.29 is 0 Å². The van der Waals surface area contributed by atoms with Gasteiger partial charge in [0.15, 0.2) is 0 Å². The second kappa shape index (κ2) is 6.57. The van der Waals surface area contributed by atoms with E-state index in [1.165, 1.54) is 36.9 Å². The van der Waals surface area contributed by atoms with Crippen molar-refractivity contribution >= 4 is 22.9 Å². The van der Waals surface area contributed by atoms with Crippen LogP contribution in [-0.2, 0) is 0 Å². The lowest BCUT2D eigenvalue weighted by Gasteiger charge is -2.33. The van der Waals surface area contributed by atoms with Crippen LogP contribution < -0.4 is 10.6 Å². The van der Waals surface area contributed by atoms with Crippen molar-refractivity contribution in [2.24, 2.45) is 11.7 Å². The molecule has 1 aromatic rings. The van der Waals surface area contributed by atoms with Crippen LogP contribution in [0.4, 0.5) is 5.69 Å². The molecule has 2 N–H and O–H groups in total. The lowest BCUT2D eigenvalue weighted by Crippen LogP contribution is -2.36. The lowest BCUT2D eigenvalue weighted by molar-refractivity contribution is 0.536. The predicted molar refractivity (Wildman–Crippen MR) is 91.5 cm³/mol. The minimum Gasteiger partial charge on any atom is -0.389 e. The van der Waals surface area contributed by atoms with E-state index in [1.807, 2.05) is 0 Å². The van der Waals surface area contributed by atoms with Crippen molar-refractivity contribution in [1.29, 1.82) is 0 Å². The Morgan fingerprint density at radius 1 is 1.35 bits per heavy atom. The number of anilines is 1. The maximum Gasteiger partial charge on any atom is 0.104 e. The van der Waals surface area contributed by atoms with E-state index in [2.05, 4.69) is 43.9 Å². The summed E-state index contributed by atoms with van der Waals surface area (Å²) in [4.78, 5) is 3.08. The predicted octanol–water partition coefficient (Wildman–Crippen LogP) is 4.03. The summed E-state index contributed by atoms with van der Waals surface area (Å²) in [6.45, 7) is 7.80. The zero-order chi connectivity index (χ0) is 14.7. The molecule has 1 aliphatic carbocycles. The average molecular weight is 290 g/mol. The fourth-order valence-corrected chi connectivity index (χ4v) is 3.41. The SMILES string of the molecule is Cc1cc(N(CC(C)C)C2CCCC2)ccc1C(N)=S. The van der Waals surface area contributed by atoms with Crippen LogP contribution in [-0.4, -0.2) is 17.6 Å². The fraction of sp³-hybridized carbons (Fsp3) is 0.588. The Morgan fingerprint density at radius 2 is 2.00 bits per heavy atom. The molecule has 0 bridgehead atoms. The minimum atomic E-state index is 0.491. The van der Waals surface area contributed by atoms with Gasteiger partial charge in [-0.2, -0.15) is 0 Å². The quantitative estimate of drug-likeness (QED) is 0.830. The van der Waals surface area contributed by atoms with E-state index in [9.17, 15) is 0 Å². The third-order valence-corrected chi connectivity index (χ3v) is 4.35. The van der Waals surface area contributed by atoms with Crippen molar-refractivity contribution in [2.45, 2.75) is 52.5 Å². The second-order valence-corrected chi connectivity index (χ2v) is 6.79. The molecular formula is C17H26N2S. The van der Waals surface area contributed by atoms with Gasteiger partial charge in [-0.25, -0.2) is 0 Å². The molecule has 0 unspecified atom stereocenters. The van der Waals surface area contributed by atoms with Gasteiger partial charge >= 0.3 is 0 Å². The first-order chi connectivity index (χ1) is 9.49. The van der Waals surface area contributed by atoms with Gasteiger partial charge in [-0.05, 0) is 49.4 Å². The smallest absolute Gasteiger partial charge is 0.104 e. The van der Waals surface area contributed by atoms with Gasteiger partial charge in [-0.15, -0.1) is 0 Å². The molecule has 0 spiro atoms. The first-order valence-corrected chi connectivity index (χ1v) is 8.07. The lowest BCUT2D eigenvalue weighted by atomic mass is 10.0. The third kappa shape index (κ3) is 3.51. The van der Waals surface area contributed by atoms with Crippen LogP contribution in [0.5, 0.6) is 0 Å². The van der Waals surface area contributed by atoms with E-state index < -0.39 is 0 Å². The maximum atomic E-state index is 5.76. The highest BCUT2D eigenvalue weighted by atomic mass is 32.1. The molecule has 110 valence electrons. The standard InChI is InChI=1S/C17H26N2S/c1-12(2)11-19(14-6-4-5-7-14)15-8-9-16(17(18)20)13(3)10-15/h8-10,12,14H,4-7,11H2,1-3H3,(H2,18,20). The topological polar surface area (TPSA) is 29.3 Å². The van der Waals surface area contributed by atoms with Gasteiger partial charge < -0.3 is 10.6 Å². The van der Waals surface area contributed by atoms with Gasteiger partial charge in [0.2, 0.25) is 0 Å². The molecule has 0 aliphatic heterocycles. The molecule has 20 heavy (non-hydrogen) atoms. The number of aryl methyl sites for hydroxylation is 1. The Bertz CT molecular complexity index is 476. The summed E-state index contributed by atoms with van der Waals surface area (Å²) < 4.78 is 0. The number of benzene rings is 1. The highest BCUT2D eigenvalue weighted by Crippen LogP contribution is 2.30. The van der Waals surface area contributed by atoms with Crippen LogP contribution >= 0.6 is 12.2 Å². The summed E-state index contributed by atoms with van der Waals surface area (Å²) in [6, 6.07) is 7.21. The van der Waals surface area contributed by atoms with E-state index in [0.717, 1.165) is 12.1 Å². The number of nitrogens with zero attached hydrogens (tertiary/aromatic N) is 1. The normalized spacial score (nSPS) is 15.8. The molecule has 1 aliphatic rings. The number of hydrogen-bond donors (Lipinski definition) is 1. The zero-order valence-electron chi connectivity index (χ0n) is 12.9. The molecule has 0 aromatic heterocycles. The monoisotopic (exact) mass is 290 g/mol. The van der Waals surface area contributed by atoms with E-state index in [1.54, 1.807) is 0 Å². The molecule has 2 nitrogen and oxygen atoms in total. The summed E-state index contributed by atoms with van der Waals surface area (Å²) in [5.74, 6) is 0.672. The molecule has 0 saturated heterocycles. The van der Waals surface area contributed by atoms with Crippen LogP contribution in [0.1, 0.15) is 50.7 Å². The molecule has 0 amide bonds. The van der Waals surface area contributed by atoms with Gasteiger partial charge in [0, 0.05) is 23.8 Å². The Morgan fingerprint density at radius 3 is 2.50 bits per heavy atom. The van der Waals surface area contributed by atoms with Crippen molar-refractivity contribution in [3.63, 3.8) is 0 Å². The summed E-state index contributed by atoms with van der Waals surface area (Å²) in [5.41, 5.74) is 9.27. The van der Waals surface area contributed by atoms with Gasteiger partial charge in [-0.1, -0.05) is 38.9 Å². The molecule has 0 radical (unpaired) electrons. The summed E-state index contributed by atoms with van der Waals surface area (Å²) >= 11 is 5.10. The van der Waals surface area contributed by atoms with Gasteiger partial charge in [0.25, 0.3) is 0 Å². The summed E-state index contributed by atoms with van der Waals surface area (Å²) in [5, 5.41) is 0. The summed E-state index contributed by atoms with van der Waals surface area (Å²) in [7, 11) is 0. The molecule has 3 heteroatoms. The molecule has 1 aromatic carbocycles. The zero-order valence-corrected chi connectivity index (χ0v) is 13.7. The van der Waals surface area contributed by atoms with E-state index in [-0.39, 0.29) is 0 Å². The largest absolute Gasteiger partial charge is 0.389 e. The van der Waals surface area contributed by atoms with Crippen LogP contribution in [0, 0.1) is 12.8 Å². The molecular weight excluding hydrogens is 264 g/mol. The van der Waals surface area contributed by atoms with Crippen LogP contribution in [0.3, 0.4) is 0 Å². The fourth-order valence-electron chi connectivity index (χ4n) is 3.18. The van der Waals surface area contributed by atoms with Gasteiger partial charge in [0.05, 0.1) is 0 Å². The van der Waals surface area contributed by atoms with Crippen LogP contribution in [0.25, 0.3) is 0 Å². The molecule has 2 rings (SSSR count). The van der Waals surface area contributed by atoms with Gasteiger partial charge in [-0.3, -0.25) is 0 Å². The van der Waals surface area contributed by atoms with E-state index in [4.69, 9.17) is 18.0 Å². The summed E-state index contributed by atoms with van der Waals surface area (Å²) in [6.07, 6.45) is 5.37. The van der Waals surface area contributed by atoms with Gasteiger partial charge in [0.1, 0.15) is 4.99 Å². The third-order valence-electron chi connectivity index (χ3n) is 4.13. The number of rotatable bonds is 5. The number of nitrogens with two attached hydrogens (primary N) is 1. The maximum absolute atomic E-state index is 5.76. The van der Waals surface area contributed by atoms with Crippen molar-refractivity contribution in [2.75, 3.05) is 11.4 Å². The highest BCUT2D eigenvalue weighted by molar-refractivity contribution is 7.80. The second-order valence-electron chi connectivity index (χ2n) is 6.35. The minimum absolute atomic E-state index is 0.491. The van der Waals surface area contributed by atoms with E-state index in [0.29, 0.717) is 16.9 Å². The molecule has 1 fully saturated rings.